The van der Waals surface area contributed by atoms with Gasteiger partial charge in [-0.05, 0) is 33.1 Å². The number of rotatable bonds is 6. The molecule has 1 saturated carbocycles. The SMILES string of the molecule is CCS(=O)C1CCCC(NC(=NC)NCc2ncc(C)c(OC)c2C)C1. The first-order chi connectivity index (χ1) is 12.5. The van der Waals surface area contributed by atoms with Gasteiger partial charge < -0.3 is 15.4 Å². The van der Waals surface area contributed by atoms with E-state index < -0.39 is 10.8 Å². The van der Waals surface area contributed by atoms with Gasteiger partial charge in [-0.1, -0.05) is 13.3 Å². The third-order valence-corrected chi connectivity index (χ3v) is 6.76. The Bertz CT molecular complexity index is 663. The van der Waals surface area contributed by atoms with Crippen molar-refractivity contribution >= 4 is 16.8 Å². The Labute approximate surface area is 159 Å². The van der Waals surface area contributed by atoms with Crippen LogP contribution in [-0.2, 0) is 17.3 Å². The summed E-state index contributed by atoms with van der Waals surface area (Å²) >= 11 is 0. The minimum Gasteiger partial charge on any atom is -0.496 e. The standard InChI is InChI=1S/C19H32N4O2S/c1-6-26(24)16-9-7-8-15(10-16)23-19(20-4)22-12-17-14(3)18(25-5)13(2)11-21-17/h11,15-16H,6-10,12H2,1-5H3,(H2,20,22,23). The van der Waals surface area contributed by atoms with Gasteiger partial charge in [0.15, 0.2) is 5.96 Å². The lowest BCUT2D eigenvalue weighted by atomic mass is 9.95. The molecule has 1 aliphatic rings. The van der Waals surface area contributed by atoms with Crippen LogP contribution in [-0.4, -0.2) is 46.4 Å². The molecule has 26 heavy (non-hydrogen) atoms. The van der Waals surface area contributed by atoms with E-state index in [1.807, 2.05) is 27.0 Å². The summed E-state index contributed by atoms with van der Waals surface area (Å²) in [6.45, 7) is 6.60. The molecule has 1 fully saturated rings. The average Bonchev–Trinajstić information content (AvgIpc) is 2.66. The molecule has 0 bridgehead atoms. The van der Waals surface area contributed by atoms with Crippen LogP contribution in [0.25, 0.3) is 0 Å². The van der Waals surface area contributed by atoms with Crippen molar-refractivity contribution in [3.8, 4) is 5.75 Å². The highest BCUT2D eigenvalue weighted by molar-refractivity contribution is 7.85. The number of pyridine rings is 1. The fourth-order valence-electron chi connectivity index (χ4n) is 3.56. The molecule has 1 heterocycles. The first-order valence-electron chi connectivity index (χ1n) is 9.33. The molecule has 3 unspecified atom stereocenters. The first-order valence-corrected chi connectivity index (χ1v) is 10.7. The second kappa shape index (κ2) is 9.90. The summed E-state index contributed by atoms with van der Waals surface area (Å²) in [4.78, 5) is 8.86. The van der Waals surface area contributed by atoms with Crippen LogP contribution in [0.2, 0.25) is 0 Å². The highest BCUT2D eigenvalue weighted by atomic mass is 32.2. The van der Waals surface area contributed by atoms with E-state index >= 15 is 0 Å². The van der Waals surface area contributed by atoms with Crippen molar-refractivity contribution < 1.29 is 8.95 Å². The van der Waals surface area contributed by atoms with E-state index in [2.05, 4.69) is 20.6 Å². The fraction of sp³-hybridized carbons (Fsp3) is 0.684. The van der Waals surface area contributed by atoms with Gasteiger partial charge in [0.25, 0.3) is 0 Å². The summed E-state index contributed by atoms with van der Waals surface area (Å²) in [5.74, 6) is 2.39. The average molecular weight is 381 g/mol. The van der Waals surface area contributed by atoms with Crippen LogP contribution in [0.15, 0.2) is 11.2 Å². The third kappa shape index (κ3) is 5.19. The molecule has 1 aliphatic carbocycles. The zero-order valence-electron chi connectivity index (χ0n) is 16.6. The van der Waals surface area contributed by atoms with Gasteiger partial charge in [-0.3, -0.25) is 14.2 Å². The van der Waals surface area contributed by atoms with Crippen LogP contribution < -0.4 is 15.4 Å². The minimum atomic E-state index is -0.718. The lowest BCUT2D eigenvalue weighted by Crippen LogP contribution is -2.46. The Balaban J connectivity index is 1.95. The van der Waals surface area contributed by atoms with Gasteiger partial charge in [0.05, 0.1) is 19.3 Å². The van der Waals surface area contributed by atoms with E-state index in [0.717, 1.165) is 60.0 Å². The smallest absolute Gasteiger partial charge is 0.191 e. The molecule has 0 aliphatic heterocycles. The Morgan fingerprint density at radius 3 is 2.85 bits per heavy atom. The molecule has 0 saturated heterocycles. The van der Waals surface area contributed by atoms with E-state index in [9.17, 15) is 4.21 Å². The summed E-state index contributed by atoms with van der Waals surface area (Å²) in [6.07, 6.45) is 6.05. The number of nitrogens with zero attached hydrogens (tertiary/aromatic N) is 2. The van der Waals surface area contributed by atoms with E-state index in [-0.39, 0.29) is 0 Å². The number of hydrogen-bond donors (Lipinski definition) is 2. The van der Waals surface area contributed by atoms with E-state index in [4.69, 9.17) is 4.74 Å². The fourth-order valence-corrected chi connectivity index (χ4v) is 4.90. The van der Waals surface area contributed by atoms with Crippen molar-refractivity contribution in [1.82, 2.24) is 15.6 Å². The normalized spacial score (nSPS) is 22.0. The zero-order chi connectivity index (χ0) is 19.1. The maximum absolute atomic E-state index is 12.1. The number of guanidine groups is 1. The molecule has 7 heteroatoms. The molecule has 146 valence electrons. The predicted molar refractivity (Wildman–Crippen MR) is 108 cm³/mol. The van der Waals surface area contributed by atoms with Crippen molar-refractivity contribution in [3.63, 3.8) is 0 Å². The molecule has 2 N–H and O–H groups in total. The second-order valence-electron chi connectivity index (χ2n) is 6.77. The molecule has 3 atom stereocenters. The molecule has 6 nitrogen and oxygen atoms in total. The number of nitrogens with one attached hydrogen (secondary N) is 2. The molecule has 0 radical (unpaired) electrons. The van der Waals surface area contributed by atoms with Crippen molar-refractivity contribution in [3.05, 3.63) is 23.0 Å². The van der Waals surface area contributed by atoms with E-state index in [1.54, 1.807) is 14.2 Å². The quantitative estimate of drug-likeness (QED) is 0.586. The van der Waals surface area contributed by atoms with Gasteiger partial charge in [0.1, 0.15) is 5.75 Å². The van der Waals surface area contributed by atoms with Gasteiger partial charge in [-0.25, -0.2) is 0 Å². The van der Waals surface area contributed by atoms with Gasteiger partial charge in [0, 0.05) is 52.2 Å². The van der Waals surface area contributed by atoms with E-state index in [0.29, 0.717) is 17.8 Å². The molecule has 2 rings (SSSR count). The monoisotopic (exact) mass is 380 g/mol. The van der Waals surface area contributed by atoms with Crippen molar-refractivity contribution in [2.24, 2.45) is 4.99 Å². The van der Waals surface area contributed by atoms with Crippen LogP contribution in [0.5, 0.6) is 5.75 Å². The van der Waals surface area contributed by atoms with Crippen LogP contribution in [0, 0.1) is 13.8 Å². The molecule has 0 aromatic carbocycles. The maximum Gasteiger partial charge on any atom is 0.191 e. The van der Waals surface area contributed by atoms with Crippen molar-refractivity contribution in [2.45, 2.75) is 64.3 Å². The Morgan fingerprint density at radius 1 is 1.42 bits per heavy atom. The molecule has 1 aromatic heterocycles. The predicted octanol–water partition coefficient (Wildman–Crippen LogP) is 2.45. The minimum absolute atomic E-state index is 0.301. The van der Waals surface area contributed by atoms with Crippen LogP contribution >= 0.6 is 0 Å². The zero-order valence-corrected chi connectivity index (χ0v) is 17.4. The van der Waals surface area contributed by atoms with Crippen LogP contribution in [0.3, 0.4) is 0 Å². The lowest BCUT2D eigenvalue weighted by molar-refractivity contribution is 0.406. The summed E-state index contributed by atoms with van der Waals surface area (Å²) < 4.78 is 17.6. The van der Waals surface area contributed by atoms with Crippen LogP contribution in [0.4, 0.5) is 0 Å². The number of aryl methyl sites for hydroxylation is 1. The number of hydrogen-bond acceptors (Lipinski definition) is 4. The van der Waals surface area contributed by atoms with Crippen LogP contribution in [0.1, 0.15) is 49.4 Å². The summed E-state index contributed by atoms with van der Waals surface area (Å²) in [7, 11) is 2.74. The molecular weight excluding hydrogens is 348 g/mol. The Kier molecular flexibility index (Phi) is 7.87. The molecule has 0 spiro atoms. The third-order valence-electron chi connectivity index (χ3n) is 5.02. The van der Waals surface area contributed by atoms with E-state index in [1.165, 1.54) is 0 Å². The maximum atomic E-state index is 12.1. The number of methoxy groups -OCH3 is 1. The number of aromatic nitrogens is 1. The van der Waals surface area contributed by atoms with Gasteiger partial charge in [-0.15, -0.1) is 0 Å². The second-order valence-corrected chi connectivity index (χ2v) is 8.78. The Hall–Kier alpha value is -1.63. The first kappa shape index (κ1) is 20.7. The largest absolute Gasteiger partial charge is 0.496 e. The summed E-state index contributed by atoms with van der Waals surface area (Å²) in [6, 6.07) is 0.317. The lowest BCUT2D eigenvalue weighted by Gasteiger charge is -2.30. The summed E-state index contributed by atoms with van der Waals surface area (Å²) in [5, 5.41) is 7.14. The topological polar surface area (TPSA) is 75.6 Å². The van der Waals surface area contributed by atoms with Gasteiger partial charge in [-0.2, -0.15) is 0 Å². The molecule has 0 amide bonds. The highest BCUT2D eigenvalue weighted by Crippen LogP contribution is 2.24. The molecular formula is C19H32N4O2S. The summed E-state index contributed by atoms with van der Waals surface area (Å²) in [5.41, 5.74) is 3.03. The van der Waals surface area contributed by atoms with Gasteiger partial charge in [0.2, 0.25) is 0 Å². The Morgan fingerprint density at radius 2 is 2.19 bits per heavy atom. The number of aliphatic imine (C=N–C) groups is 1. The van der Waals surface area contributed by atoms with Crippen molar-refractivity contribution in [2.75, 3.05) is 19.9 Å². The van der Waals surface area contributed by atoms with Crippen molar-refractivity contribution in [1.29, 1.82) is 0 Å². The van der Waals surface area contributed by atoms with Gasteiger partial charge >= 0.3 is 0 Å². The number of ether oxygens (including phenoxy) is 1. The molecule has 1 aromatic rings. The highest BCUT2D eigenvalue weighted by Gasteiger charge is 2.26.